The van der Waals surface area contributed by atoms with Gasteiger partial charge in [0, 0.05) is 32.7 Å². The summed E-state index contributed by atoms with van der Waals surface area (Å²) in [6.45, 7) is -0.700. The van der Waals surface area contributed by atoms with E-state index in [-0.39, 0.29) is 23.7 Å². The van der Waals surface area contributed by atoms with Gasteiger partial charge in [-0.3, -0.25) is 4.79 Å². The molecule has 9 nitrogen and oxygen atoms in total. The maximum absolute atomic E-state index is 12.7. The molecule has 3 aliphatic rings. The number of benzene rings is 2. The number of hydrogen-bond acceptors (Lipinski definition) is 7. The van der Waals surface area contributed by atoms with Crippen LogP contribution in [0.25, 0.3) is 0 Å². The fraction of sp³-hybridized carbons (Fsp3) is 0.348. The minimum absolute atomic E-state index is 0.0124. The summed E-state index contributed by atoms with van der Waals surface area (Å²) < 4.78 is 61.1. The lowest BCUT2D eigenvalue weighted by Gasteiger charge is -2.42. The van der Waals surface area contributed by atoms with Gasteiger partial charge >= 0.3 is 6.61 Å². The van der Waals surface area contributed by atoms with Crippen molar-refractivity contribution >= 4 is 21.6 Å². The topological polar surface area (TPSA) is 108 Å². The number of carbonyl (C=O) groups excluding carboxylic acids is 1. The SMILES string of the molecule is O=C(C(O)c1ccc2c(c1)NCCO2)N1CC(=C2CN(S(=O)(=O)c3ccc(OC(F)F)cc3)C2)C1. The van der Waals surface area contributed by atoms with Gasteiger partial charge in [-0.2, -0.15) is 13.1 Å². The predicted molar refractivity (Wildman–Crippen MR) is 121 cm³/mol. The van der Waals surface area contributed by atoms with Crippen molar-refractivity contribution in [2.45, 2.75) is 17.6 Å². The van der Waals surface area contributed by atoms with Crippen molar-refractivity contribution in [3.05, 3.63) is 59.2 Å². The van der Waals surface area contributed by atoms with E-state index in [1.165, 1.54) is 33.5 Å². The van der Waals surface area contributed by atoms with E-state index in [0.29, 0.717) is 37.6 Å². The van der Waals surface area contributed by atoms with Gasteiger partial charge in [0.05, 0.1) is 10.6 Å². The van der Waals surface area contributed by atoms with Crippen LogP contribution in [-0.4, -0.2) is 74.6 Å². The molecule has 2 aromatic rings. The normalized spacial score (nSPS) is 18.7. The van der Waals surface area contributed by atoms with Gasteiger partial charge in [0.1, 0.15) is 18.1 Å². The fourth-order valence-electron chi connectivity index (χ4n) is 4.15. The summed E-state index contributed by atoms with van der Waals surface area (Å²) in [5.41, 5.74) is 3.11. The van der Waals surface area contributed by atoms with Gasteiger partial charge in [-0.05, 0) is 53.1 Å². The molecule has 12 heteroatoms. The molecule has 1 amide bonds. The highest BCUT2D eigenvalue weighted by Gasteiger charge is 2.39. The molecule has 3 heterocycles. The van der Waals surface area contributed by atoms with Crippen LogP contribution < -0.4 is 14.8 Å². The summed E-state index contributed by atoms with van der Waals surface area (Å²) in [6.07, 6.45) is -1.30. The summed E-state index contributed by atoms with van der Waals surface area (Å²) in [7, 11) is -3.77. The zero-order valence-corrected chi connectivity index (χ0v) is 19.3. The smallest absolute Gasteiger partial charge is 0.387 e. The number of likely N-dealkylation sites (tertiary alicyclic amines) is 1. The molecule has 0 spiro atoms. The third kappa shape index (κ3) is 4.56. The van der Waals surface area contributed by atoms with Gasteiger partial charge in [-0.15, -0.1) is 0 Å². The molecule has 0 saturated carbocycles. The largest absolute Gasteiger partial charge is 0.490 e. The third-order valence-electron chi connectivity index (χ3n) is 6.22. The summed E-state index contributed by atoms with van der Waals surface area (Å²) in [5.74, 6) is 0.144. The lowest BCUT2D eigenvalue weighted by atomic mass is 9.95. The van der Waals surface area contributed by atoms with Crippen molar-refractivity contribution < 1.29 is 36.6 Å². The summed E-state index contributed by atoms with van der Waals surface area (Å²) in [4.78, 5) is 14.2. The number of halogens is 2. The number of aliphatic hydroxyl groups is 1. The molecule has 5 rings (SSSR count). The average molecular weight is 508 g/mol. The molecule has 0 radical (unpaired) electrons. The number of sulfonamides is 1. The van der Waals surface area contributed by atoms with E-state index < -0.39 is 28.6 Å². The first-order chi connectivity index (χ1) is 16.7. The van der Waals surface area contributed by atoms with Crippen molar-refractivity contribution in [1.82, 2.24) is 9.21 Å². The minimum atomic E-state index is -3.77. The Balaban J connectivity index is 1.17. The molecule has 2 saturated heterocycles. The number of fused-ring (bicyclic) bond motifs is 1. The maximum Gasteiger partial charge on any atom is 0.387 e. The number of alkyl halides is 2. The van der Waals surface area contributed by atoms with Crippen LogP contribution in [0.3, 0.4) is 0 Å². The minimum Gasteiger partial charge on any atom is -0.490 e. The average Bonchev–Trinajstić information content (AvgIpc) is 2.78. The Bertz CT molecular complexity index is 1270. The van der Waals surface area contributed by atoms with Crippen molar-refractivity contribution in [3.63, 3.8) is 0 Å². The van der Waals surface area contributed by atoms with Gasteiger partial charge < -0.3 is 24.8 Å². The van der Waals surface area contributed by atoms with E-state index in [1.54, 1.807) is 18.2 Å². The number of nitrogens with zero attached hydrogens (tertiary/aromatic N) is 2. The van der Waals surface area contributed by atoms with E-state index in [0.717, 1.165) is 16.8 Å². The highest BCUT2D eigenvalue weighted by Crippen LogP contribution is 2.34. The first-order valence-corrected chi connectivity index (χ1v) is 12.4. The number of nitrogens with one attached hydrogen (secondary N) is 1. The molecule has 2 N–H and O–H groups in total. The van der Waals surface area contributed by atoms with Crippen molar-refractivity contribution in [3.8, 4) is 11.5 Å². The number of hydrogen-bond donors (Lipinski definition) is 2. The van der Waals surface area contributed by atoms with Gasteiger partial charge in [0.25, 0.3) is 5.91 Å². The second-order valence-corrected chi connectivity index (χ2v) is 10.4. The Labute approximate surface area is 200 Å². The molecule has 1 unspecified atom stereocenters. The van der Waals surface area contributed by atoms with Crippen molar-refractivity contribution in [2.75, 3.05) is 44.6 Å². The highest BCUT2D eigenvalue weighted by molar-refractivity contribution is 7.89. The molecule has 0 aromatic heterocycles. The number of ether oxygens (including phenoxy) is 2. The molecule has 0 aliphatic carbocycles. The van der Waals surface area contributed by atoms with Gasteiger partial charge in [-0.25, -0.2) is 8.42 Å². The van der Waals surface area contributed by atoms with Crippen LogP contribution >= 0.6 is 0 Å². The van der Waals surface area contributed by atoms with Crippen molar-refractivity contribution in [1.29, 1.82) is 0 Å². The second-order valence-electron chi connectivity index (χ2n) is 8.46. The molecule has 1 atom stereocenters. The summed E-state index contributed by atoms with van der Waals surface area (Å²) in [5, 5.41) is 13.7. The molecule has 35 heavy (non-hydrogen) atoms. The molecular weight excluding hydrogens is 484 g/mol. The molecule has 3 aliphatic heterocycles. The molecule has 2 aromatic carbocycles. The van der Waals surface area contributed by atoms with E-state index in [9.17, 15) is 27.1 Å². The van der Waals surface area contributed by atoms with E-state index in [1.807, 2.05) is 0 Å². The Morgan fingerprint density at radius 3 is 2.43 bits per heavy atom. The van der Waals surface area contributed by atoms with E-state index >= 15 is 0 Å². The van der Waals surface area contributed by atoms with Crippen LogP contribution in [0, 0.1) is 0 Å². The number of amides is 1. The first-order valence-electron chi connectivity index (χ1n) is 10.9. The quantitative estimate of drug-likeness (QED) is 0.576. The third-order valence-corrected chi connectivity index (χ3v) is 8.03. The zero-order chi connectivity index (χ0) is 24.7. The lowest BCUT2D eigenvalue weighted by molar-refractivity contribution is -0.142. The Kier molecular flexibility index (Phi) is 6.11. The fourth-order valence-corrected chi connectivity index (χ4v) is 5.58. The highest BCUT2D eigenvalue weighted by atomic mass is 32.2. The van der Waals surface area contributed by atoms with Crippen LogP contribution in [-0.2, 0) is 14.8 Å². The molecule has 186 valence electrons. The Hall–Kier alpha value is -3.22. The van der Waals surface area contributed by atoms with Gasteiger partial charge in [0.2, 0.25) is 10.0 Å². The zero-order valence-electron chi connectivity index (χ0n) is 18.5. The number of carbonyl (C=O) groups is 1. The summed E-state index contributed by atoms with van der Waals surface area (Å²) >= 11 is 0. The molecule has 2 fully saturated rings. The van der Waals surface area contributed by atoms with Crippen LogP contribution in [0.5, 0.6) is 11.5 Å². The Morgan fingerprint density at radius 1 is 1.06 bits per heavy atom. The number of anilines is 1. The molecule has 0 bridgehead atoms. The van der Waals surface area contributed by atoms with Crippen molar-refractivity contribution in [2.24, 2.45) is 0 Å². The first kappa shape index (κ1) is 23.5. The van der Waals surface area contributed by atoms with Gasteiger partial charge in [-0.1, -0.05) is 6.07 Å². The standard InChI is InChI=1S/C23H23F2N3O6S/c24-23(25)34-17-2-4-18(5-3-17)35(31,32)28-12-16(13-28)15-10-27(11-15)22(30)21(29)14-1-6-20-19(9-14)26-7-8-33-20/h1-6,9,21,23,26,29H,7-8,10-13H2. The van der Waals surface area contributed by atoms with Crippen LogP contribution in [0.1, 0.15) is 11.7 Å². The second kappa shape index (κ2) is 9.10. The van der Waals surface area contributed by atoms with Crippen LogP contribution in [0.4, 0.5) is 14.5 Å². The Morgan fingerprint density at radius 2 is 1.74 bits per heavy atom. The number of rotatable bonds is 6. The lowest BCUT2D eigenvalue weighted by Crippen LogP contribution is -2.52. The molecular formula is C23H23F2N3O6S. The maximum atomic E-state index is 12.7. The van der Waals surface area contributed by atoms with E-state index in [4.69, 9.17) is 4.74 Å². The van der Waals surface area contributed by atoms with Crippen LogP contribution in [0.15, 0.2) is 58.5 Å². The van der Waals surface area contributed by atoms with E-state index in [2.05, 4.69) is 10.1 Å². The predicted octanol–water partition coefficient (Wildman–Crippen LogP) is 1.97. The van der Waals surface area contributed by atoms with Gasteiger partial charge in [0.15, 0.2) is 6.10 Å². The number of aliphatic hydroxyl groups excluding tert-OH is 1. The van der Waals surface area contributed by atoms with Crippen LogP contribution in [0.2, 0.25) is 0 Å². The summed E-state index contributed by atoms with van der Waals surface area (Å²) in [6, 6.07) is 9.91. The monoisotopic (exact) mass is 507 g/mol.